The van der Waals surface area contributed by atoms with Crippen molar-refractivity contribution in [1.29, 1.82) is 0 Å². The first-order chi connectivity index (χ1) is 10.3. The molecule has 1 aromatic heterocycles. The van der Waals surface area contributed by atoms with Gasteiger partial charge in [0.2, 0.25) is 0 Å². The lowest BCUT2D eigenvalue weighted by molar-refractivity contribution is 0.0315. The smallest absolute Gasteiger partial charge is 0.274 e. The number of carbonyl (C=O) groups excluding carboxylic acids is 1. The van der Waals surface area contributed by atoms with E-state index in [-0.39, 0.29) is 5.91 Å². The van der Waals surface area contributed by atoms with Crippen LogP contribution in [0, 0.1) is 0 Å². The number of fused-ring (bicyclic) bond motifs is 2. The van der Waals surface area contributed by atoms with Gasteiger partial charge in [-0.15, -0.1) is 0 Å². The van der Waals surface area contributed by atoms with Gasteiger partial charge in [0, 0.05) is 41.5 Å². The number of amides is 1. The maximum atomic E-state index is 13.0. The molecule has 2 atom stereocenters. The molecule has 2 saturated heterocycles. The lowest BCUT2D eigenvalue weighted by atomic mass is 9.95. The summed E-state index contributed by atoms with van der Waals surface area (Å²) in [7, 11) is 0. The number of H-pyrrole nitrogens is 1. The van der Waals surface area contributed by atoms with Gasteiger partial charge in [0.25, 0.3) is 5.91 Å². The summed E-state index contributed by atoms with van der Waals surface area (Å²) in [6.45, 7) is 2.38. The number of ether oxygens (including phenoxy) is 1. The van der Waals surface area contributed by atoms with Gasteiger partial charge in [0.05, 0.1) is 6.61 Å². The second-order valence-corrected chi connectivity index (χ2v) is 7.42. The molecule has 21 heavy (non-hydrogen) atoms. The van der Waals surface area contributed by atoms with E-state index in [1.54, 1.807) is 0 Å². The second-order valence-electron chi connectivity index (χ2n) is 6.08. The van der Waals surface area contributed by atoms with Crippen LogP contribution in [-0.2, 0) is 17.6 Å². The van der Waals surface area contributed by atoms with E-state index < -0.39 is 0 Å². The van der Waals surface area contributed by atoms with Crippen molar-refractivity contribution >= 4 is 17.7 Å². The molecule has 0 saturated carbocycles. The standard InChI is InChI=1S/C15H21N3O2S/c19-15(14-10-3-1-2-4-11(10)16-17-14)18-6-8-21-13-9-20-7-5-12(13)18/h12-13H,1-9H2,(H,16,17). The summed E-state index contributed by atoms with van der Waals surface area (Å²) in [6.07, 6.45) is 5.35. The summed E-state index contributed by atoms with van der Waals surface area (Å²) in [5.41, 5.74) is 3.04. The summed E-state index contributed by atoms with van der Waals surface area (Å²) >= 11 is 1.95. The number of nitrogens with one attached hydrogen (secondary N) is 1. The largest absolute Gasteiger partial charge is 0.380 e. The molecule has 2 unspecified atom stereocenters. The normalized spacial score (nSPS) is 28.9. The third kappa shape index (κ3) is 2.38. The van der Waals surface area contributed by atoms with E-state index in [2.05, 4.69) is 15.1 Å². The third-order valence-corrected chi connectivity index (χ3v) is 6.15. The lowest BCUT2D eigenvalue weighted by Crippen LogP contribution is -2.54. The average molecular weight is 307 g/mol. The molecule has 4 rings (SSSR count). The zero-order chi connectivity index (χ0) is 14.2. The van der Waals surface area contributed by atoms with Crippen LogP contribution in [0.4, 0.5) is 0 Å². The first-order valence-electron chi connectivity index (χ1n) is 7.91. The minimum Gasteiger partial charge on any atom is -0.380 e. The van der Waals surface area contributed by atoms with Gasteiger partial charge in [-0.1, -0.05) is 0 Å². The lowest BCUT2D eigenvalue weighted by Gasteiger charge is -2.43. The summed E-state index contributed by atoms with van der Waals surface area (Å²) in [5, 5.41) is 7.88. The molecule has 1 aliphatic carbocycles. The molecule has 1 amide bonds. The Hall–Kier alpha value is -1.01. The number of aromatic nitrogens is 2. The maximum Gasteiger partial charge on any atom is 0.274 e. The first-order valence-corrected chi connectivity index (χ1v) is 8.96. The topological polar surface area (TPSA) is 58.2 Å². The van der Waals surface area contributed by atoms with Crippen molar-refractivity contribution < 1.29 is 9.53 Å². The number of hydrogen-bond donors (Lipinski definition) is 1. The van der Waals surface area contributed by atoms with Gasteiger partial charge in [-0.05, 0) is 32.1 Å². The summed E-state index contributed by atoms with van der Waals surface area (Å²) in [4.78, 5) is 15.0. The fourth-order valence-electron chi connectivity index (χ4n) is 3.73. The van der Waals surface area contributed by atoms with Crippen molar-refractivity contribution in [3.05, 3.63) is 17.0 Å². The molecule has 2 fully saturated rings. The van der Waals surface area contributed by atoms with E-state index in [4.69, 9.17) is 4.74 Å². The molecular weight excluding hydrogens is 286 g/mol. The second kappa shape index (κ2) is 5.65. The van der Waals surface area contributed by atoms with E-state index in [0.717, 1.165) is 44.8 Å². The Kier molecular flexibility index (Phi) is 3.67. The van der Waals surface area contributed by atoms with Crippen molar-refractivity contribution in [1.82, 2.24) is 15.1 Å². The van der Waals surface area contributed by atoms with Crippen LogP contribution >= 0.6 is 11.8 Å². The summed E-state index contributed by atoms with van der Waals surface area (Å²) in [6, 6.07) is 0.320. The summed E-state index contributed by atoms with van der Waals surface area (Å²) in [5.74, 6) is 1.13. The molecule has 0 aromatic carbocycles. The Bertz CT molecular complexity index is 543. The molecular formula is C15H21N3O2S. The fraction of sp³-hybridized carbons (Fsp3) is 0.733. The Morgan fingerprint density at radius 3 is 3.24 bits per heavy atom. The average Bonchev–Trinajstić information content (AvgIpc) is 2.98. The van der Waals surface area contributed by atoms with Crippen LogP contribution in [0.25, 0.3) is 0 Å². The number of carbonyl (C=O) groups is 1. The van der Waals surface area contributed by atoms with Crippen molar-refractivity contribution in [2.75, 3.05) is 25.5 Å². The molecule has 0 spiro atoms. The SMILES string of the molecule is O=C(c1n[nH]c2c1CCCC2)N1CCSC2COCCC21. The van der Waals surface area contributed by atoms with E-state index in [1.807, 2.05) is 11.8 Å². The quantitative estimate of drug-likeness (QED) is 0.857. The molecule has 2 aliphatic heterocycles. The molecule has 114 valence electrons. The molecule has 5 nitrogen and oxygen atoms in total. The van der Waals surface area contributed by atoms with Crippen molar-refractivity contribution in [2.45, 2.75) is 43.4 Å². The van der Waals surface area contributed by atoms with Gasteiger partial charge in [0.1, 0.15) is 0 Å². The minimum atomic E-state index is 0.131. The third-order valence-electron chi connectivity index (χ3n) is 4.85. The van der Waals surface area contributed by atoms with Crippen LogP contribution in [-0.4, -0.2) is 57.8 Å². The van der Waals surface area contributed by atoms with Crippen LogP contribution in [0.15, 0.2) is 0 Å². The highest BCUT2D eigenvalue weighted by molar-refractivity contribution is 8.00. The Morgan fingerprint density at radius 2 is 2.29 bits per heavy atom. The molecule has 0 radical (unpaired) electrons. The van der Waals surface area contributed by atoms with Gasteiger partial charge in [-0.2, -0.15) is 16.9 Å². The van der Waals surface area contributed by atoms with Gasteiger partial charge in [0.15, 0.2) is 5.69 Å². The van der Waals surface area contributed by atoms with Crippen LogP contribution in [0.3, 0.4) is 0 Å². The van der Waals surface area contributed by atoms with Gasteiger partial charge < -0.3 is 9.64 Å². The van der Waals surface area contributed by atoms with Crippen molar-refractivity contribution in [2.24, 2.45) is 0 Å². The number of rotatable bonds is 1. The molecule has 1 aromatic rings. The number of thioether (sulfide) groups is 1. The van der Waals surface area contributed by atoms with Crippen LogP contribution < -0.4 is 0 Å². The first kappa shape index (κ1) is 13.6. The highest BCUT2D eigenvalue weighted by Gasteiger charge is 2.38. The predicted molar refractivity (Wildman–Crippen MR) is 81.7 cm³/mol. The molecule has 3 aliphatic rings. The minimum absolute atomic E-state index is 0.131. The predicted octanol–water partition coefficient (Wildman–Crippen LogP) is 1.64. The molecule has 0 bridgehead atoms. The van der Waals surface area contributed by atoms with E-state index in [1.165, 1.54) is 24.1 Å². The van der Waals surface area contributed by atoms with Crippen LogP contribution in [0.5, 0.6) is 0 Å². The van der Waals surface area contributed by atoms with E-state index >= 15 is 0 Å². The maximum absolute atomic E-state index is 13.0. The monoisotopic (exact) mass is 307 g/mol. The zero-order valence-electron chi connectivity index (χ0n) is 12.1. The van der Waals surface area contributed by atoms with Gasteiger partial charge in [-0.25, -0.2) is 0 Å². The molecule has 3 heterocycles. The number of nitrogens with zero attached hydrogens (tertiary/aromatic N) is 2. The number of aromatic amines is 1. The Balaban J connectivity index is 1.60. The number of aryl methyl sites for hydroxylation is 1. The highest BCUT2D eigenvalue weighted by Crippen LogP contribution is 2.32. The van der Waals surface area contributed by atoms with Gasteiger partial charge in [-0.3, -0.25) is 9.89 Å². The molecule has 6 heteroatoms. The highest BCUT2D eigenvalue weighted by atomic mass is 32.2. The van der Waals surface area contributed by atoms with Crippen molar-refractivity contribution in [3.8, 4) is 0 Å². The van der Waals surface area contributed by atoms with Gasteiger partial charge >= 0.3 is 0 Å². The summed E-state index contributed by atoms with van der Waals surface area (Å²) < 4.78 is 5.57. The number of hydrogen-bond acceptors (Lipinski definition) is 4. The molecule has 1 N–H and O–H groups in total. The van der Waals surface area contributed by atoms with Crippen LogP contribution in [0.2, 0.25) is 0 Å². The Morgan fingerprint density at radius 1 is 1.38 bits per heavy atom. The van der Waals surface area contributed by atoms with E-state index in [0.29, 0.717) is 17.0 Å². The van der Waals surface area contributed by atoms with Crippen molar-refractivity contribution in [3.63, 3.8) is 0 Å². The Labute approximate surface area is 128 Å². The zero-order valence-corrected chi connectivity index (χ0v) is 13.0. The van der Waals surface area contributed by atoms with E-state index in [9.17, 15) is 4.79 Å². The fourth-order valence-corrected chi connectivity index (χ4v) is 5.03. The van der Waals surface area contributed by atoms with Crippen LogP contribution in [0.1, 0.15) is 41.0 Å².